The first-order chi connectivity index (χ1) is 7.08. The van der Waals surface area contributed by atoms with Crippen molar-refractivity contribution in [1.29, 1.82) is 0 Å². The fraction of sp³-hybridized carbons (Fsp3) is 0.900. The highest BCUT2D eigenvalue weighted by Gasteiger charge is 2.30. The van der Waals surface area contributed by atoms with Crippen molar-refractivity contribution in [2.45, 2.75) is 13.8 Å². The topological polar surface area (TPSA) is 63.7 Å². The van der Waals surface area contributed by atoms with Crippen molar-refractivity contribution in [3.8, 4) is 0 Å². The predicted octanol–water partition coefficient (Wildman–Crippen LogP) is 0.162. The summed E-state index contributed by atoms with van der Waals surface area (Å²) in [5.74, 6) is -0.195. The van der Waals surface area contributed by atoms with E-state index in [1.807, 2.05) is 4.90 Å². The molecule has 0 N–H and O–H groups in total. The SMILES string of the molecule is COC(=O)C(C)(C)CN(C)CCS(C)(=O)=O. The van der Waals surface area contributed by atoms with E-state index in [0.29, 0.717) is 13.1 Å². The van der Waals surface area contributed by atoms with Gasteiger partial charge in [0, 0.05) is 19.3 Å². The molecule has 0 spiro atoms. The first kappa shape index (κ1) is 15.4. The van der Waals surface area contributed by atoms with Crippen LogP contribution >= 0.6 is 0 Å². The number of carbonyl (C=O) groups is 1. The second kappa shape index (κ2) is 5.63. The maximum atomic E-state index is 11.4. The zero-order chi connectivity index (χ0) is 13.0. The van der Waals surface area contributed by atoms with Gasteiger partial charge in [-0.25, -0.2) is 8.42 Å². The molecule has 0 atom stereocenters. The fourth-order valence-electron chi connectivity index (χ4n) is 1.42. The number of hydrogen-bond acceptors (Lipinski definition) is 5. The Morgan fingerprint density at radius 1 is 1.38 bits per heavy atom. The number of methoxy groups -OCH3 is 1. The van der Waals surface area contributed by atoms with Crippen molar-refractivity contribution in [2.24, 2.45) is 5.41 Å². The molecule has 0 saturated heterocycles. The van der Waals surface area contributed by atoms with Gasteiger partial charge in [-0.05, 0) is 20.9 Å². The molecule has 6 heteroatoms. The molecule has 0 aromatic rings. The quantitative estimate of drug-likeness (QED) is 0.629. The van der Waals surface area contributed by atoms with E-state index in [1.165, 1.54) is 13.4 Å². The van der Waals surface area contributed by atoms with Crippen LogP contribution in [-0.4, -0.2) is 58.5 Å². The number of hydrogen-bond donors (Lipinski definition) is 0. The van der Waals surface area contributed by atoms with Crippen LogP contribution in [0.3, 0.4) is 0 Å². The molecule has 0 aromatic heterocycles. The lowest BCUT2D eigenvalue weighted by Crippen LogP contribution is -2.39. The lowest BCUT2D eigenvalue weighted by molar-refractivity contribution is -0.151. The van der Waals surface area contributed by atoms with Crippen molar-refractivity contribution in [2.75, 3.05) is 39.3 Å². The minimum atomic E-state index is -2.96. The van der Waals surface area contributed by atoms with Gasteiger partial charge in [-0.3, -0.25) is 4.79 Å². The summed E-state index contributed by atoms with van der Waals surface area (Å²) in [4.78, 5) is 13.2. The molecule has 16 heavy (non-hydrogen) atoms. The van der Waals surface area contributed by atoms with Gasteiger partial charge in [0.05, 0.1) is 18.3 Å². The third-order valence-electron chi connectivity index (χ3n) is 2.25. The number of carbonyl (C=O) groups excluding carboxylic acids is 1. The molecule has 0 heterocycles. The first-order valence-corrected chi connectivity index (χ1v) is 7.09. The van der Waals surface area contributed by atoms with Gasteiger partial charge in [0.15, 0.2) is 0 Å². The molecule has 0 aliphatic heterocycles. The normalized spacial score (nSPS) is 12.9. The van der Waals surface area contributed by atoms with Crippen molar-refractivity contribution in [3.05, 3.63) is 0 Å². The molecule has 0 saturated carbocycles. The van der Waals surface area contributed by atoms with E-state index in [4.69, 9.17) is 0 Å². The smallest absolute Gasteiger partial charge is 0.312 e. The Labute approximate surface area is 97.7 Å². The first-order valence-electron chi connectivity index (χ1n) is 5.03. The van der Waals surface area contributed by atoms with Crippen LogP contribution in [0.1, 0.15) is 13.8 Å². The summed E-state index contributed by atoms with van der Waals surface area (Å²) in [5, 5.41) is 0. The summed E-state index contributed by atoms with van der Waals surface area (Å²) in [7, 11) is 0.177. The van der Waals surface area contributed by atoms with Gasteiger partial charge in [-0.2, -0.15) is 0 Å². The molecular formula is C10H21NO4S. The summed E-state index contributed by atoms with van der Waals surface area (Å²) in [6, 6.07) is 0. The molecule has 0 amide bonds. The van der Waals surface area contributed by atoms with E-state index in [9.17, 15) is 13.2 Å². The van der Waals surface area contributed by atoms with Crippen LogP contribution in [-0.2, 0) is 19.4 Å². The van der Waals surface area contributed by atoms with Gasteiger partial charge in [0.1, 0.15) is 9.84 Å². The highest BCUT2D eigenvalue weighted by molar-refractivity contribution is 7.90. The molecule has 0 rings (SSSR count). The Balaban J connectivity index is 4.24. The van der Waals surface area contributed by atoms with Gasteiger partial charge >= 0.3 is 5.97 Å². The maximum absolute atomic E-state index is 11.4. The molecular weight excluding hydrogens is 230 g/mol. The number of nitrogens with zero attached hydrogens (tertiary/aromatic N) is 1. The average molecular weight is 251 g/mol. The molecule has 0 bridgehead atoms. The maximum Gasteiger partial charge on any atom is 0.312 e. The summed E-state index contributed by atoms with van der Waals surface area (Å²) in [6.45, 7) is 4.43. The van der Waals surface area contributed by atoms with Crippen LogP contribution in [0.15, 0.2) is 0 Å². The Bertz CT molecular complexity index is 335. The molecule has 0 aliphatic rings. The highest BCUT2D eigenvalue weighted by atomic mass is 32.2. The number of ether oxygens (including phenoxy) is 1. The van der Waals surface area contributed by atoms with Crippen LogP contribution in [0.5, 0.6) is 0 Å². The molecule has 96 valence electrons. The van der Waals surface area contributed by atoms with E-state index in [0.717, 1.165) is 0 Å². The van der Waals surface area contributed by atoms with Gasteiger partial charge in [-0.15, -0.1) is 0 Å². The Hall–Kier alpha value is -0.620. The lowest BCUT2D eigenvalue weighted by Gasteiger charge is -2.27. The molecule has 0 aromatic carbocycles. The van der Waals surface area contributed by atoms with Crippen LogP contribution in [0.2, 0.25) is 0 Å². The Kier molecular flexibility index (Phi) is 5.41. The zero-order valence-corrected chi connectivity index (χ0v) is 11.4. The number of rotatable bonds is 6. The van der Waals surface area contributed by atoms with Crippen LogP contribution in [0.4, 0.5) is 0 Å². The Morgan fingerprint density at radius 3 is 2.25 bits per heavy atom. The number of esters is 1. The molecule has 0 radical (unpaired) electrons. The largest absolute Gasteiger partial charge is 0.469 e. The molecule has 0 fully saturated rings. The minimum Gasteiger partial charge on any atom is -0.469 e. The van der Waals surface area contributed by atoms with Crippen LogP contribution in [0, 0.1) is 5.41 Å². The molecule has 0 unspecified atom stereocenters. The minimum absolute atomic E-state index is 0.0980. The van der Waals surface area contributed by atoms with Gasteiger partial charge < -0.3 is 9.64 Å². The van der Waals surface area contributed by atoms with E-state index in [1.54, 1.807) is 20.9 Å². The molecule has 0 aliphatic carbocycles. The highest BCUT2D eigenvalue weighted by Crippen LogP contribution is 2.18. The van der Waals surface area contributed by atoms with E-state index in [-0.39, 0.29) is 11.7 Å². The van der Waals surface area contributed by atoms with Crippen molar-refractivity contribution < 1.29 is 17.9 Å². The fourth-order valence-corrected chi connectivity index (χ4v) is 2.06. The van der Waals surface area contributed by atoms with E-state index < -0.39 is 15.3 Å². The second-order valence-electron chi connectivity index (χ2n) is 4.74. The van der Waals surface area contributed by atoms with Crippen LogP contribution in [0.25, 0.3) is 0 Å². The third-order valence-corrected chi connectivity index (χ3v) is 3.17. The summed E-state index contributed by atoms with van der Waals surface area (Å²) < 4.78 is 26.6. The summed E-state index contributed by atoms with van der Waals surface area (Å²) in [5.41, 5.74) is -0.624. The predicted molar refractivity (Wildman–Crippen MR) is 63.0 cm³/mol. The average Bonchev–Trinajstić information content (AvgIpc) is 2.11. The monoisotopic (exact) mass is 251 g/mol. The zero-order valence-electron chi connectivity index (χ0n) is 10.6. The van der Waals surface area contributed by atoms with E-state index >= 15 is 0 Å². The Morgan fingerprint density at radius 2 is 1.88 bits per heavy atom. The van der Waals surface area contributed by atoms with Crippen molar-refractivity contribution in [1.82, 2.24) is 4.90 Å². The van der Waals surface area contributed by atoms with Crippen molar-refractivity contribution >= 4 is 15.8 Å². The number of sulfone groups is 1. The summed E-state index contributed by atoms with van der Waals surface area (Å²) in [6.07, 6.45) is 1.20. The van der Waals surface area contributed by atoms with Gasteiger partial charge in [0.2, 0.25) is 0 Å². The third kappa shape index (κ3) is 6.07. The van der Waals surface area contributed by atoms with Crippen LogP contribution < -0.4 is 0 Å². The van der Waals surface area contributed by atoms with Gasteiger partial charge in [0.25, 0.3) is 0 Å². The molecule has 5 nitrogen and oxygen atoms in total. The van der Waals surface area contributed by atoms with Crippen molar-refractivity contribution in [3.63, 3.8) is 0 Å². The van der Waals surface area contributed by atoms with Gasteiger partial charge in [-0.1, -0.05) is 0 Å². The standard InChI is InChI=1S/C10H21NO4S/c1-10(2,9(12)15-4)8-11(3)6-7-16(5,13)14/h6-8H2,1-5H3. The van der Waals surface area contributed by atoms with E-state index in [2.05, 4.69) is 4.74 Å². The summed E-state index contributed by atoms with van der Waals surface area (Å²) >= 11 is 0. The second-order valence-corrected chi connectivity index (χ2v) is 7.00. The lowest BCUT2D eigenvalue weighted by atomic mass is 9.93.